The molecular formula is C15H23NS. The van der Waals surface area contributed by atoms with Gasteiger partial charge in [-0.1, -0.05) is 31.0 Å². The molecule has 0 aromatic heterocycles. The molecule has 0 radical (unpaired) electrons. The standard InChI is InChI=1S/C15H23NS/c1-3-11-16-14-5-4-6-15(14)17-13-9-7-12(2)8-10-13/h7-10,14-16H,3-6,11H2,1-2H3. The third kappa shape index (κ3) is 3.75. The van der Waals surface area contributed by atoms with Crippen molar-refractivity contribution in [3.8, 4) is 0 Å². The van der Waals surface area contributed by atoms with Crippen molar-refractivity contribution in [1.29, 1.82) is 0 Å². The summed E-state index contributed by atoms with van der Waals surface area (Å²) in [5.74, 6) is 0. The van der Waals surface area contributed by atoms with Gasteiger partial charge in [-0.2, -0.15) is 0 Å². The van der Waals surface area contributed by atoms with E-state index in [-0.39, 0.29) is 0 Å². The van der Waals surface area contributed by atoms with Gasteiger partial charge in [0.25, 0.3) is 0 Å². The Hall–Kier alpha value is -0.470. The highest BCUT2D eigenvalue weighted by atomic mass is 32.2. The van der Waals surface area contributed by atoms with Gasteiger partial charge in [0.05, 0.1) is 0 Å². The third-order valence-electron chi connectivity index (χ3n) is 3.42. The molecule has 2 rings (SSSR count). The minimum Gasteiger partial charge on any atom is -0.313 e. The van der Waals surface area contributed by atoms with Crippen LogP contribution in [0.2, 0.25) is 0 Å². The molecular weight excluding hydrogens is 226 g/mol. The van der Waals surface area contributed by atoms with Crippen molar-refractivity contribution >= 4 is 11.8 Å². The first-order chi connectivity index (χ1) is 8.29. The van der Waals surface area contributed by atoms with Gasteiger partial charge in [-0.05, 0) is 44.9 Å². The van der Waals surface area contributed by atoms with Gasteiger partial charge in [0.15, 0.2) is 0 Å². The zero-order chi connectivity index (χ0) is 12.1. The summed E-state index contributed by atoms with van der Waals surface area (Å²) >= 11 is 2.06. The number of thioether (sulfide) groups is 1. The lowest BCUT2D eigenvalue weighted by molar-refractivity contribution is 0.531. The number of benzene rings is 1. The molecule has 1 aliphatic rings. The lowest BCUT2D eigenvalue weighted by Gasteiger charge is -2.20. The van der Waals surface area contributed by atoms with E-state index in [1.54, 1.807) is 0 Å². The Kier molecular flexibility index (Phi) is 4.93. The zero-order valence-corrected chi connectivity index (χ0v) is 11.7. The van der Waals surface area contributed by atoms with E-state index in [9.17, 15) is 0 Å². The molecule has 0 spiro atoms. The molecule has 1 aromatic rings. The molecule has 1 saturated carbocycles. The summed E-state index contributed by atoms with van der Waals surface area (Å²) in [6, 6.07) is 9.67. The largest absolute Gasteiger partial charge is 0.313 e. The van der Waals surface area contributed by atoms with Crippen LogP contribution in [0.4, 0.5) is 0 Å². The van der Waals surface area contributed by atoms with Crippen molar-refractivity contribution in [1.82, 2.24) is 5.32 Å². The molecule has 2 heteroatoms. The Morgan fingerprint density at radius 1 is 1.24 bits per heavy atom. The van der Waals surface area contributed by atoms with Gasteiger partial charge in [0, 0.05) is 16.2 Å². The Morgan fingerprint density at radius 2 is 2.00 bits per heavy atom. The smallest absolute Gasteiger partial charge is 0.0248 e. The Morgan fingerprint density at radius 3 is 2.71 bits per heavy atom. The van der Waals surface area contributed by atoms with E-state index in [1.165, 1.54) is 36.1 Å². The lowest BCUT2D eigenvalue weighted by atomic mass is 10.2. The van der Waals surface area contributed by atoms with E-state index in [1.807, 2.05) is 0 Å². The minimum atomic E-state index is 0.723. The molecule has 1 aromatic carbocycles. The predicted molar refractivity (Wildman–Crippen MR) is 76.8 cm³/mol. The molecule has 1 aliphatic carbocycles. The van der Waals surface area contributed by atoms with E-state index < -0.39 is 0 Å². The first kappa shape index (κ1) is 13.0. The first-order valence-corrected chi connectivity index (χ1v) is 7.64. The Bertz CT molecular complexity index is 333. The molecule has 17 heavy (non-hydrogen) atoms. The number of nitrogens with one attached hydrogen (secondary N) is 1. The van der Waals surface area contributed by atoms with Crippen LogP contribution in [0, 0.1) is 6.92 Å². The fourth-order valence-corrected chi connectivity index (χ4v) is 3.75. The Labute approximate surface area is 109 Å². The van der Waals surface area contributed by atoms with E-state index in [0.29, 0.717) is 0 Å². The number of hydrogen-bond donors (Lipinski definition) is 1. The highest BCUT2D eigenvalue weighted by molar-refractivity contribution is 8.00. The fraction of sp³-hybridized carbons (Fsp3) is 0.600. The van der Waals surface area contributed by atoms with Crippen LogP contribution in [-0.4, -0.2) is 17.8 Å². The average molecular weight is 249 g/mol. The molecule has 1 nitrogen and oxygen atoms in total. The first-order valence-electron chi connectivity index (χ1n) is 6.76. The third-order valence-corrected chi connectivity index (χ3v) is 4.83. The van der Waals surface area contributed by atoms with Gasteiger partial charge < -0.3 is 5.32 Å². The lowest BCUT2D eigenvalue weighted by Crippen LogP contribution is -2.34. The van der Waals surface area contributed by atoms with Crippen LogP contribution in [-0.2, 0) is 0 Å². The van der Waals surface area contributed by atoms with Crippen molar-refractivity contribution in [2.24, 2.45) is 0 Å². The van der Waals surface area contributed by atoms with Crippen LogP contribution >= 0.6 is 11.8 Å². The Balaban J connectivity index is 1.90. The summed E-state index contributed by atoms with van der Waals surface area (Å²) in [7, 11) is 0. The summed E-state index contributed by atoms with van der Waals surface area (Å²) in [5, 5.41) is 4.46. The molecule has 0 amide bonds. The average Bonchev–Trinajstić information content (AvgIpc) is 2.77. The fourth-order valence-electron chi connectivity index (χ4n) is 2.42. The summed E-state index contributed by atoms with van der Waals surface area (Å²) in [6.45, 7) is 5.55. The van der Waals surface area contributed by atoms with E-state index in [2.05, 4.69) is 55.2 Å². The van der Waals surface area contributed by atoms with Crippen molar-refractivity contribution in [2.45, 2.75) is 55.7 Å². The topological polar surface area (TPSA) is 12.0 Å². The monoisotopic (exact) mass is 249 g/mol. The molecule has 1 fully saturated rings. The molecule has 1 N–H and O–H groups in total. The summed E-state index contributed by atoms with van der Waals surface area (Å²) < 4.78 is 0. The zero-order valence-electron chi connectivity index (χ0n) is 10.9. The molecule has 94 valence electrons. The second kappa shape index (κ2) is 6.46. The van der Waals surface area contributed by atoms with Crippen LogP contribution in [0.1, 0.15) is 38.2 Å². The molecule has 0 saturated heterocycles. The van der Waals surface area contributed by atoms with Crippen molar-refractivity contribution in [3.63, 3.8) is 0 Å². The molecule has 2 atom stereocenters. The second-order valence-corrected chi connectivity index (χ2v) is 6.27. The SMILES string of the molecule is CCCNC1CCCC1Sc1ccc(C)cc1. The highest BCUT2D eigenvalue weighted by Crippen LogP contribution is 2.35. The van der Waals surface area contributed by atoms with Crippen LogP contribution in [0.15, 0.2) is 29.2 Å². The van der Waals surface area contributed by atoms with E-state index >= 15 is 0 Å². The van der Waals surface area contributed by atoms with Gasteiger partial charge in [-0.15, -0.1) is 11.8 Å². The van der Waals surface area contributed by atoms with Crippen LogP contribution in [0.25, 0.3) is 0 Å². The van der Waals surface area contributed by atoms with Gasteiger partial charge in [-0.25, -0.2) is 0 Å². The molecule has 0 bridgehead atoms. The van der Waals surface area contributed by atoms with Crippen LogP contribution < -0.4 is 5.32 Å². The maximum absolute atomic E-state index is 3.69. The summed E-state index contributed by atoms with van der Waals surface area (Å²) in [4.78, 5) is 1.42. The van der Waals surface area contributed by atoms with Crippen LogP contribution in [0.3, 0.4) is 0 Å². The van der Waals surface area contributed by atoms with Crippen molar-refractivity contribution < 1.29 is 0 Å². The van der Waals surface area contributed by atoms with E-state index in [0.717, 1.165) is 17.8 Å². The van der Waals surface area contributed by atoms with Crippen molar-refractivity contribution in [3.05, 3.63) is 29.8 Å². The van der Waals surface area contributed by atoms with Crippen molar-refractivity contribution in [2.75, 3.05) is 6.54 Å². The van der Waals surface area contributed by atoms with Gasteiger partial charge >= 0.3 is 0 Å². The maximum Gasteiger partial charge on any atom is 0.0248 e. The summed E-state index contributed by atoms with van der Waals surface area (Å²) in [5.41, 5.74) is 1.35. The second-order valence-electron chi connectivity index (χ2n) is 4.96. The quantitative estimate of drug-likeness (QED) is 0.846. The van der Waals surface area contributed by atoms with Crippen LogP contribution in [0.5, 0.6) is 0 Å². The highest BCUT2D eigenvalue weighted by Gasteiger charge is 2.27. The van der Waals surface area contributed by atoms with Gasteiger partial charge in [0.1, 0.15) is 0 Å². The van der Waals surface area contributed by atoms with E-state index in [4.69, 9.17) is 0 Å². The number of hydrogen-bond acceptors (Lipinski definition) is 2. The maximum atomic E-state index is 3.69. The minimum absolute atomic E-state index is 0.723. The molecule has 2 unspecified atom stereocenters. The van der Waals surface area contributed by atoms with Gasteiger partial charge in [0.2, 0.25) is 0 Å². The number of aryl methyl sites for hydroxylation is 1. The normalized spacial score (nSPS) is 24.1. The summed E-state index contributed by atoms with van der Waals surface area (Å²) in [6.07, 6.45) is 5.33. The van der Waals surface area contributed by atoms with Gasteiger partial charge in [-0.3, -0.25) is 0 Å². The number of rotatable bonds is 5. The predicted octanol–water partition coefficient (Wildman–Crippen LogP) is 4.01. The molecule has 0 aliphatic heterocycles. The molecule has 0 heterocycles.